The zero-order valence-corrected chi connectivity index (χ0v) is 22.8. The predicted molar refractivity (Wildman–Crippen MR) is 148 cm³/mol. The predicted octanol–water partition coefficient (Wildman–Crippen LogP) is 4.24. The Morgan fingerprint density at radius 3 is 2.36 bits per heavy atom. The number of fused-ring (bicyclic) bond motifs is 1. The van der Waals surface area contributed by atoms with Crippen LogP contribution >= 0.6 is 0 Å². The molecule has 1 atom stereocenters. The number of ketones is 1. The van der Waals surface area contributed by atoms with Gasteiger partial charge in [-0.1, -0.05) is 0 Å². The number of anilines is 1. The molecule has 10 nitrogen and oxygen atoms in total. The molecule has 1 saturated heterocycles. The minimum atomic E-state index is -3.18. The summed E-state index contributed by atoms with van der Waals surface area (Å²) in [5.41, 5.74) is 3.57. The molecule has 4 aromatic rings. The lowest BCUT2D eigenvalue weighted by atomic mass is 10.0. The van der Waals surface area contributed by atoms with E-state index < -0.39 is 9.84 Å². The van der Waals surface area contributed by atoms with Crippen molar-refractivity contribution in [1.82, 2.24) is 14.8 Å². The van der Waals surface area contributed by atoms with E-state index in [-0.39, 0.29) is 29.2 Å². The van der Waals surface area contributed by atoms with Gasteiger partial charge in [-0.2, -0.15) is 5.10 Å². The molecule has 0 spiro atoms. The van der Waals surface area contributed by atoms with Gasteiger partial charge in [0.05, 0.1) is 54.1 Å². The highest BCUT2D eigenvalue weighted by Gasteiger charge is 2.32. The number of Topliss-reactive ketones (excluding diaryl/α,β-unsaturated/α-hetero) is 1. The number of rotatable bonds is 7. The molecular formula is C28H28N4O6S. The summed E-state index contributed by atoms with van der Waals surface area (Å²) in [6.45, 7) is 3.26. The van der Waals surface area contributed by atoms with Gasteiger partial charge in [0.15, 0.2) is 32.8 Å². The molecule has 3 heterocycles. The van der Waals surface area contributed by atoms with Crippen LogP contribution in [0.4, 0.5) is 5.69 Å². The first-order chi connectivity index (χ1) is 18.6. The summed E-state index contributed by atoms with van der Waals surface area (Å²) in [6.07, 6.45) is 0.421. The first-order valence-corrected chi connectivity index (χ1v) is 14.2. The van der Waals surface area contributed by atoms with Crippen LogP contribution in [0.25, 0.3) is 22.3 Å². The number of benzene rings is 2. The van der Waals surface area contributed by atoms with Gasteiger partial charge in [-0.3, -0.25) is 9.59 Å². The van der Waals surface area contributed by atoms with Gasteiger partial charge in [-0.05, 0) is 68.8 Å². The Labute approximate surface area is 225 Å². The van der Waals surface area contributed by atoms with Gasteiger partial charge in [0, 0.05) is 16.8 Å². The molecule has 39 heavy (non-hydrogen) atoms. The molecule has 1 fully saturated rings. The second-order valence-electron chi connectivity index (χ2n) is 9.50. The number of nitrogens with one attached hydrogen (secondary N) is 1. The van der Waals surface area contributed by atoms with Gasteiger partial charge in [-0.25, -0.2) is 18.1 Å². The normalized spacial score (nSPS) is 16.3. The summed E-state index contributed by atoms with van der Waals surface area (Å²) in [5, 5.41) is 8.08. The summed E-state index contributed by atoms with van der Waals surface area (Å²) in [4.78, 5) is 30.2. The highest BCUT2D eigenvalue weighted by molar-refractivity contribution is 7.91. The zero-order chi connectivity index (χ0) is 27.9. The van der Waals surface area contributed by atoms with E-state index in [1.165, 1.54) is 14.0 Å². The van der Waals surface area contributed by atoms with Crippen molar-refractivity contribution in [3.8, 4) is 22.8 Å². The quantitative estimate of drug-likeness (QED) is 0.340. The highest BCUT2D eigenvalue weighted by atomic mass is 32.2. The maximum absolute atomic E-state index is 13.7. The van der Waals surface area contributed by atoms with E-state index in [0.29, 0.717) is 62.7 Å². The summed E-state index contributed by atoms with van der Waals surface area (Å²) in [5.74, 6) is 0.639. The molecule has 5 rings (SSSR count). The lowest BCUT2D eigenvalue weighted by Crippen LogP contribution is -2.15. The van der Waals surface area contributed by atoms with Crippen LogP contribution in [0.3, 0.4) is 0 Å². The van der Waals surface area contributed by atoms with Crippen molar-refractivity contribution in [1.29, 1.82) is 0 Å². The number of amides is 1. The summed E-state index contributed by atoms with van der Waals surface area (Å²) >= 11 is 0. The largest absolute Gasteiger partial charge is 0.493 e. The Morgan fingerprint density at radius 2 is 1.74 bits per heavy atom. The molecule has 11 heteroatoms. The van der Waals surface area contributed by atoms with E-state index in [9.17, 15) is 18.0 Å². The first-order valence-electron chi connectivity index (χ1n) is 12.3. The molecule has 1 aliphatic heterocycles. The van der Waals surface area contributed by atoms with E-state index in [1.54, 1.807) is 61.2 Å². The van der Waals surface area contributed by atoms with Crippen molar-refractivity contribution in [2.45, 2.75) is 26.3 Å². The fourth-order valence-corrected chi connectivity index (χ4v) is 6.54. The molecule has 1 aliphatic rings. The molecule has 1 unspecified atom stereocenters. The maximum Gasteiger partial charge on any atom is 0.256 e. The summed E-state index contributed by atoms with van der Waals surface area (Å²) in [7, 11) is -0.100. The second-order valence-corrected chi connectivity index (χ2v) is 11.7. The maximum atomic E-state index is 13.7. The third-order valence-corrected chi connectivity index (χ3v) is 8.61. The molecule has 0 aliphatic carbocycles. The van der Waals surface area contributed by atoms with Crippen LogP contribution in [0.2, 0.25) is 0 Å². The third-order valence-electron chi connectivity index (χ3n) is 6.86. The van der Waals surface area contributed by atoms with Gasteiger partial charge < -0.3 is 14.8 Å². The minimum absolute atomic E-state index is 0.0322. The molecule has 1 amide bonds. The topological polar surface area (TPSA) is 129 Å². The van der Waals surface area contributed by atoms with Gasteiger partial charge in [-0.15, -0.1) is 0 Å². The zero-order valence-electron chi connectivity index (χ0n) is 22.0. The third kappa shape index (κ3) is 5.09. The van der Waals surface area contributed by atoms with Crippen LogP contribution in [0.15, 0.2) is 48.5 Å². The molecule has 0 saturated carbocycles. The van der Waals surface area contributed by atoms with Crippen LogP contribution in [-0.4, -0.2) is 60.6 Å². The van der Waals surface area contributed by atoms with Crippen LogP contribution < -0.4 is 14.8 Å². The fourth-order valence-electron chi connectivity index (χ4n) is 4.85. The van der Waals surface area contributed by atoms with Crippen LogP contribution in [0, 0.1) is 6.92 Å². The van der Waals surface area contributed by atoms with E-state index in [0.717, 1.165) is 0 Å². The average Bonchev–Trinajstić information content (AvgIpc) is 3.46. The van der Waals surface area contributed by atoms with Crippen molar-refractivity contribution in [3.05, 3.63) is 65.4 Å². The van der Waals surface area contributed by atoms with Crippen LogP contribution in [0.5, 0.6) is 11.5 Å². The number of pyridine rings is 1. The van der Waals surface area contributed by atoms with E-state index in [4.69, 9.17) is 14.5 Å². The Balaban J connectivity index is 1.65. The molecule has 2 aromatic carbocycles. The number of hydrogen-bond donors (Lipinski definition) is 1. The number of aromatic nitrogens is 3. The average molecular weight is 549 g/mol. The number of carbonyl (C=O) groups excluding carboxylic acids is 2. The SMILES string of the molecule is COc1ccc(-c2cc(C(=O)Nc3ccc(C(C)=O)cc3)c3c(C)nn(C4CCS(=O)(=O)C4)c3n2)cc1OC. The molecule has 0 radical (unpaired) electrons. The lowest BCUT2D eigenvalue weighted by Gasteiger charge is -2.14. The molecule has 202 valence electrons. The molecule has 0 bridgehead atoms. The highest BCUT2D eigenvalue weighted by Crippen LogP contribution is 2.35. The monoisotopic (exact) mass is 548 g/mol. The minimum Gasteiger partial charge on any atom is -0.493 e. The summed E-state index contributed by atoms with van der Waals surface area (Å²) in [6, 6.07) is 13.3. The van der Waals surface area contributed by atoms with Crippen molar-refractivity contribution >= 4 is 38.2 Å². The van der Waals surface area contributed by atoms with E-state index in [2.05, 4.69) is 10.4 Å². The summed E-state index contributed by atoms with van der Waals surface area (Å²) < 4.78 is 37.0. The number of hydrogen-bond acceptors (Lipinski definition) is 8. The Morgan fingerprint density at radius 1 is 1.03 bits per heavy atom. The number of ether oxygens (including phenoxy) is 2. The number of carbonyl (C=O) groups is 2. The number of aryl methyl sites for hydroxylation is 1. The number of methoxy groups -OCH3 is 2. The fraction of sp³-hybridized carbons (Fsp3) is 0.286. The molecular weight excluding hydrogens is 520 g/mol. The smallest absolute Gasteiger partial charge is 0.256 e. The number of nitrogens with zero attached hydrogens (tertiary/aromatic N) is 3. The Hall–Kier alpha value is -4.25. The second kappa shape index (κ2) is 10.1. The van der Waals surface area contributed by atoms with Crippen molar-refractivity contribution in [3.63, 3.8) is 0 Å². The van der Waals surface area contributed by atoms with Crippen molar-refractivity contribution in [2.75, 3.05) is 31.0 Å². The number of sulfone groups is 1. The van der Waals surface area contributed by atoms with Gasteiger partial charge in [0.2, 0.25) is 0 Å². The lowest BCUT2D eigenvalue weighted by molar-refractivity contribution is 0.101. The van der Waals surface area contributed by atoms with Crippen molar-refractivity contribution in [2.24, 2.45) is 0 Å². The Bertz CT molecular complexity index is 1710. The van der Waals surface area contributed by atoms with Crippen LogP contribution in [-0.2, 0) is 9.84 Å². The Kier molecular flexibility index (Phi) is 6.85. The van der Waals surface area contributed by atoms with E-state index >= 15 is 0 Å². The van der Waals surface area contributed by atoms with E-state index in [1.807, 2.05) is 6.07 Å². The van der Waals surface area contributed by atoms with Crippen LogP contribution in [0.1, 0.15) is 45.8 Å². The first kappa shape index (κ1) is 26.4. The standard InChI is InChI=1S/C28H28N4O6S/c1-16-26-22(28(34)29-20-8-5-18(6-9-20)17(2)33)14-23(19-7-10-24(37-3)25(13-19)38-4)30-27(26)32(31-16)21-11-12-39(35,36)15-21/h5-10,13-14,21H,11-12,15H2,1-4H3,(H,29,34). The van der Waals surface area contributed by atoms with Gasteiger partial charge >= 0.3 is 0 Å². The molecule has 1 N–H and O–H groups in total. The van der Waals surface area contributed by atoms with Gasteiger partial charge in [0.25, 0.3) is 5.91 Å². The molecule has 2 aromatic heterocycles. The van der Waals surface area contributed by atoms with Crippen molar-refractivity contribution < 1.29 is 27.5 Å². The van der Waals surface area contributed by atoms with Gasteiger partial charge in [0.1, 0.15) is 0 Å².